The van der Waals surface area contributed by atoms with Crippen molar-refractivity contribution in [3.63, 3.8) is 0 Å². The molecule has 3 heteroatoms. The number of nitrogens with zero attached hydrogens (tertiary/aromatic N) is 1. The molecule has 10 rings (SSSR count). The first-order valence-electron chi connectivity index (χ1n) is 15.9. The number of benzene rings is 8. The minimum absolute atomic E-state index is 0.926. The molecular formula is C44H27NOS. The van der Waals surface area contributed by atoms with E-state index in [1.165, 1.54) is 42.4 Å². The Morgan fingerprint density at radius 3 is 1.89 bits per heavy atom. The predicted molar refractivity (Wildman–Crippen MR) is 202 cm³/mol. The lowest BCUT2D eigenvalue weighted by Crippen LogP contribution is -2.10. The Kier molecular flexibility index (Phi) is 5.78. The average molecular weight is 618 g/mol. The van der Waals surface area contributed by atoms with E-state index in [0.717, 1.165) is 49.5 Å². The zero-order valence-corrected chi connectivity index (χ0v) is 26.2. The van der Waals surface area contributed by atoms with E-state index in [9.17, 15) is 0 Å². The lowest BCUT2D eigenvalue weighted by molar-refractivity contribution is 0.676. The third kappa shape index (κ3) is 4.04. The Hall–Kier alpha value is -5.90. The van der Waals surface area contributed by atoms with Crippen LogP contribution >= 0.6 is 11.3 Å². The van der Waals surface area contributed by atoms with Crippen molar-refractivity contribution < 1.29 is 4.42 Å². The highest BCUT2D eigenvalue weighted by molar-refractivity contribution is 7.26. The zero-order valence-electron chi connectivity index (χ0n) is 25.4. The monoisotopic (exact) mass is 617 g/mol. The molecule has 0 amide bonds. The van der Waals surface area contributed by atoms with Crippen molar-refractivity contribution in [2.75, 3.05) is 4.90 Å². The van der Waals surface area contributed by atoms with Crippen molar-refractivity contribution in [1.29, 1.82) is 0 Å². The number of thiophene rings is 1. The summed E-state index contributed by atoms with van der Waals surface area (Å²) >= 11 is 1.86. The maximum absolute atomic E-state index is 6.78. The van der Waals surface area contributed by atoms with Crippen molar-refractivity contribution >= 4 is 92.1 Å². The Bertz CT molecular complexity index is 2790. The molecule has 0 spiro atoms. The first kappa shape index (κ1) is 26.3. The van der Waals surface area contributed by atoms with Gasteiger partial charge in [-0.1, -0.05) is 127 Å². The van der Waals surface area contributed by atoms with E-state index >= 15 is 0 Å². The quantitative estimate of drug-likeness (QED) is 0.195. The molecule has 47 heavy (non-hydrogen) atoms. The van der Waals surface area contributed by atoms with Gasteiger partial charge in [0.15, 0.2) is 0 Å². The van der Waals surface area contributed by atoms with Gasteiger partial charge in [-0.25, -0.2) is 0 Å². The van der Waals surface area contributed by atoms with E-state index in [4.69, 9.17) is 4.42 Å². The van der Waals surface area contributed by atoms with Gasteiger partial charge in [0.2, 0.25) is 0 Å². The molecule has 0 atom stereocenters. The summed E-state index contributed by atoms with van der Waals surface area (Å²) in [6.45, 7) is 0. The molecule has 2 aromatic heterocycles. The normalized spacial score (nSPS) is 11.8. The van der Waals surface area contributed by atoms with Crippen molar-refractivity contribution in [3.05, 3.63) is 164 Å². The molecule has 0 saturated heterocycles. The average Bonchev–Trinajstić information content (AvgIpc) is 3.72. The number of hydrogen-bond donors (Lipinski definition) is 0. The summed E-state index contributed by atoms with van der Waals surface area (Å²) < 4.78 is 9.35. The van der Waals surface area contributed by atoms with E-state index in [2.05, 4.69) is 169 Å². The van der Waals surface area contributed by atoms with E-state index in [1.807, 2.05) is 11.3 Å². The topological polar surface area (TPSA) is 16.4 Å². The summed E-state index contributed by atoms with van der Waals surface area (Å²) in [5.74, 6) is 0. The highest BCUT2D eigenvalue weighted by Gasteiger charge is 2.23. The minimum atomic E-state index is 0.926. The van der Waals surface area contributed by atoms with Gasteiger partial charge in [0, 0.05) is 48.1 Å². The minimum Gasteiger partial charge on any atom is -0.455 e. The molecule has 2 heterocycles. The van der Waals surface area contributed by atoms with E-state index in [1.54, 1.807) is 0 Å². The van der Waals surface area contributed by atoms with Gasteiger partial charge < -0.3 is 9.32 Å². The summed E-state index contributed by atoms with van der Waals surface area (Å²) in [6, 6.07) is 58.9. The van der Waals surface area contributed by atoms with Gasteiger partial charge in [-0.3, -0.25) is 0 Å². The molecular weight excluding hydrogens is 591 g/mol. The Balaban J connectivity index is 1.30. The molecule has 0 fully saturated rings. The summed E-state index contributed by atoms with van der Waals surface area (Å²) in [5, 5.41) is 9.39. The van der Waals surface area contributed by atoms with Gasteiger partial charge in [0.25, 0.3) is 0 Å². The Morgan fingerprint density at radius 2 is 1.04 bits per heavy atom. The van der Waals surface area contributed by atoms with E-state index < -0.39 is 0 Å². The third-order valence-electron chi connectivity index (χ3n) is 9.45. The molecule has 0 N–H and O–H groups in total. The second-order valence-corrected chi connectivity index (χ2v) is 13.1. The smallest absolute Gasteiger partial charge is 0.143 e. The van der Waals surface area contributed by atoms with Gasteiger partial charge in [-0.15, -0.1) is 11.3 Å². The molecule has 220 valence electrons. The van der Waals surface area contributed by atoms with Crippen LogP contribution in [0.25, 0.3) is 74.8 Å². The molecule has 0 aliphatic rings. The summed E-state index contributed by atoms with van der Waals surface area (Å²) in [5.41, 5.74) is 7.67. The van der Waals surface area contributed by atoms with Crippen LogP contribution < -0.4 is 4.90 Å². The second-order valence-electron chi connectivity index (χ2n) is 12.1. The largest absolute Gasteiger partial charge is 0.455 e. The summed E-state index contributed by atoms with van der Waals surface area (Å²) in [7, 11) is 0. The molecule has 0 aliphatic heterocycles. The summed E-state index contributed by atoms with van der Waals surface area (Å²) in [4.78, 5) is 2.45. The van der Waals surface area contributed by atoms with Crippen LogP contribution in [0, 0.1) is 0 Å². The number of rotatable bonds is 4. The SMILES string of the molecule is c1ccc(-c2ccc(N(c3cc4c5ccc6ccccc6c5oc4c4ccccc34)c3cccc4c3sc3ccccc34)cc2)cc1. The molecule has 0 aliphatic carbocycles. The number of hydrogen-bond acceptors (Lipinski definition) is 3. The molecule has 8 aromatic carbocycles. The standard InChI is InChI=1S/C44H27NOS/c1-2-11-28(12-3-1)29-21-24-31(25-22-29)45(39-19-10-18-37-34-16-8-9-20-41(34)47-44(37)39)40-27-38-36-26-23-30-13-4-5-14-32(30)42(36)46-43(38)35-17-7-6-15-33(35)40/h1-27H. The van der Waals surface area contributed by atoms with Crippen LogP contribution in [-0.2, 0) is 0 Å². The van der Waals surface area contributed by atoms with Gasteiger partial charge in [-0.05, 0) is 52.9 Å². The molecule has 10 aromatic rings. The van der Waals surface area contributed by atoms with Crippen LogP contribution in [0.5, 0.6) is 0 Å². The lowest BCUT2D eigenvalue weighted by Gasteiger charge is -2.28. The van der Waals surface area contributed by atoms with E-state index in [-0.39, 0.29) is 0 Å². The second kappa shape index (κ2) is 10.3. The van der Waals surface area contributed by atoms with Gasteiger partial charge in [0.05, 0.1) is 16.1 Å². The number of anilines is 3. The number of furan rings is 1. The van der Waals surface area contributed by atoms with Gasteiger partial charge in [0.1, 0.15) is 11.2 Å². The molecule has 0 unspecified atom stereocenters. The van der Waals surface area contributed by atoms with E-state index in [0.29, 0.717) is 0 Å². The fourth-order valence-electron chi connectivity index (χ4n) is 7.24. The number of fused-ring (bicyclic) bond motifs is 10. The van der Waals surface area contributed by atoms with Crippen LogP contribution in [0.4, 0.5) is 17.1 Å². The Labute approximate surface area is 275 Å². The van der Waals surface area contributed by atoms with Gasteiger partial charge in [-0.2, -0.15) is 0 Å². The van der Waals surface area contributed by atoms with Crippen molar-refractivity contribution in [3.8, 4) is 11.1 Å². The highest BCUT2D eigenvalue weighted by Crippen LogP contribution is 2.49. The first-order valence-corrected chi connectivity index (χ1v) is 16.7. The molecule has 0 bridgehead atoms. The van der Waals surface area contributed by atoms with Crippen LogP contribution in [0.3, 0.4) is 0 Å². The molecule has 2 nitrogen and oxygen atoms in total. The zero-order chi connectivity index (χ0) is 30.9. The van der Waals surface area contributed by atoms with Crippen molar-refractivity contribution in [2.45, 2.75) is 0 Å². The fraction of sp³-hybridized carbons (Fsp3) is 0. The molecule has 0 saturated carbocycles. The van der Waals surface area contributed by atoms with Crippen LogP contribution in [0.1, 0.15) is 0 Å². The molecule has 0 radical (unpaired) electrons. The third-order valence-corrected chi connectivity index (χ3v) is 10.7. The fourth-order valence-corrected chi connectivity index (χ4v) is 8.45. The van der Waals surface area contributed by atoms with Crippen molar-refractivity contribution in [1.82, 2.24) is 0 Å². The summed E-state index contributed by atoms with van der Waals surface area (Å²) in [6.07, 6.45) is 0. The van der Waals surface area contributed by atoms with Crippen LogP contribution in [0.2, 0.25) is 0 Å². The maximum atomic E-state index is 6.78. The van der Waals surface area contributed by atoms with Gasteiger partial charge >= 0.3 is 0 Å². The van der Waals surface area contributed by atoms with Crippen molar-refractivity contribution in [2.24, 2.45) is 0 Å². The first-order chi connectivity index (χ1) is 23.3. The van der Waals surface area contributed by atoms with Crippen LogP contribution in [-0.4, -0.2) is 0 Å². The lowest BCUT2D eigenvalue weighted by atomic mass is 10.00. The van der Waals surface area contributed by atoms with Crippen LogP contribution in [0.15, 0.2) is 168 Å². The Morgan fingerprint density at radius 1 is 0.404 bits per heavy atom. The maximum Gasteiger partial charge on any atom is 0.143 e. The highest BCUT2D eigenvalue weighted by atomic mass is 32.1. The predicted octanol–water partition coefficient (Wildman–Crippen LogP) is 13.4.